The first-order chi connectivity index (χ1) is 18.7. The summed E-state index contributed by atoms with van der Waals surface area (Å²) >= 11 is 0. The molecule has 13 heteroatoms. The maximum atomic E-state index is 13.9. The number of fused-ring (bicyclic) bond motifs is 2. The number of hydrogen-bond donors (Lipinski definition) is 0. The van der Waals surface area contributed by atoms with Gasteiger partial charge in [0, 0.05) is 57.8 Å². The van der Waals surface area contributed by atoms with Crippen LogP contribution in [0.5, 0.6) is 0 Å². The molecule has 5 rings (SSSR count). The molecule has 0 saturated carbocycles. The number of nitrogens with zero attached hydrogens (tertiary/aromatic N) is 5. The first-order valence-electron chi connectivity index (χ1n) is 13.2. The third-order valence-corrected chi connectivity index (χ3v) is 9.61. The first-order valence-corrected chi connectivity index (χ1v) is 15.0. The Kier molecular flexibility index (Phi) is 7.32. The monoisotopic (exact) mass is 579 g/mol. The van der Waals surface area contributed by atoms with Crippen LogP contribution in [-0.4, -0.2) is 87.4 Å². The van der Waals surface area contributed by atoms with Crippen molar-refractivity contribution in [1.29, 1.82) is 0 Å². The Morgan fingerprint density at radius 1 is 1.05 bits per heavy atom. The highest BCUT2D eigenvalue weighted by Gasteiger charge is 2.49. The van der Waals surface area contributed by atoms with Gasteiger partial charge in [0.1, 0.15) is 11.9 Å². The summed E-state index contributed by atoms with van der Waals surface area (Å²) in [6.45, 7) is 5.69. The molecule has 0 N–H and O–H groups in total. The van der Waals surface area contributed by atoms with E-state index in [4.69, 9.17) is 0 Å². The molecule has 2 aromatic rings. The molecule has 1 aromatic carbocycles. The summed E-state index contributed by atoms with van der Waals surface area (Å²) in [5, 5.41) is 0. The van der Waals surface area contributed by atoms with Gasteiger partial charge in [0.2, 0.25) is 11.8 Å². The molecule has 0 aliphatic carbocycles. The highest BCUT2D eigenvalue weighted by atomic mass is 32.2. The highest BCUT2D eigenvalue weighted by molar-refractivity contribution is 7.91. The van der Waals surface area contributed by atoms with Crippen molar-refractivity contribution < 1.29 is 31.2 Å². The van der Waals surface area contributed by atoms with E-state index in [0.29, 0.717) is 38.4 Å². The smallest absolute Gasteiger partial charge is 0.368 e. The molecule has 9 nitrogen and oxygen atoms in total. The van der Waals surface area contributed by atoms with E-state index in [1.807, 2.05) is 25.1 Å². The van der Waals surface area contributed by atoms with E-state index in [2.05, 4.69) is 14.8 Å². The summed E-state index contributed by atoms with van der Waals surface area (Å²) in [5.41, 5.74) is 1.59. The highest BCUT2D eigenvalue weighted by Crippen LogP contribution is 2.41. The van der Waals surface area contributed by atoms with Gasteiger partial charge in [-0.05, 0) is 37.6 Å². The molecule has 40 heavy (non-hydrogen) atoms. The van der Waals surface area contributed by atoms with Crippen LogP contribution >= 0.6 is 0 Å². The maximum absolute atomic E-state index is 13.9. The Labute approximate surface area is 231 Å². The van der Waals surface area contributed by atoms with E-state index in [1.165, 1.54) is 11.8 Å². The number of aryl methyl sites for hydroxylation is 2. The molecule has 0 bridgehead atoms. The van der Waals surface area contributed by atoms with Gasteiger partial charge in [-0.2, -0.15) is 13.2 Å². The van der Waals surface area contributed by atoms with Crippen molar-refractivity contribution in [2.24, 2.45) is 5.92 Å². The van der Waals surface area contributed by atoms with Gasteiger partial charge in [-0.15, -0.1) is 0 Å². The van der Waals surface area contributed by atoms with Crippen LogP contribution in [0.15, 0.2) is 30.3 Å². The Bertz CT molecular complexity index is 1430. The Morgan fingerprint density at radius 3 is 2.42 bits per heavy atom. The van der Waals surface area contributed by atoms with Gasteiger partial charge in [-0.3, -0.25) is 19.4 Å². The van der Waals surface area contributed by atoms with Crippen molar-refractivity contribution in [3.05, 3.63) is 47.2 Å². The van der Waals surface area contributed by atoms with Crippen LogP contribution < -0.4 is 14.7 Å². The van der Waals surface area contributed by atoms with Gasteiger partial charge in [0.25, 0.3) is 0 Å². The molecule has 216 valence electrons. The van der Waals surface area contributed by atoms with Crippen LogP contribution in [0.2, 0.25) is 0 Å². The molecule has 0 radical (unpaired) electrons. The molecule has 2 amide bonds. The SMILES string of the molecule is Cc1cc(C(F)(F)F)cc(N2C(=O)C[C@@H]3CN(CCN4CCS(=O)(=O)CC4)c4c(C)cccc4N(C)C(=O)[C@H]32)n1. The largest absolute Gasteiger partial charge is 0.416 e. The van der Waals surface area contributed by atoms with E-state index in [9.17, 15) is 31.2 Å². The zero-order chi connectivity index (χ0) is 29.0. The quantitative estimate of drug-likeness (QED) is 0.550. The topological polar surface area (TPSA) is 94.1 Å². The average molecular weight is 580 g/mol. The maximum Gasteiger partial charge on any atom is 0.416 e. The second-order valence-corrected chi connectivity index (χ2v) is 13.1. The van der Waals surface area contributed by atoms with Crippen LogP contribution in [-0.2, 0) is 25.6 Å². The number of rotatable bonds is 4. The predicted molar refractivity (Wildman–Crippen MR) is 145 cm³/mol. The van der Waals surface area contributed by atoms with E-state index in [1.54, 1.807) is 7.05 Å². The number of amides is 2. The number of alkyl halides is 3. The average Bonchev–Trinajstić information content (AvgIpc) is 3.20. The third kappa shape index (κ3) is 5.40. The summed E-state index contributed by atoms with van der Waals surface area (Å²) in [7, 11) is -1.41. The summed E-state index contributed by atoms with van der Waals surface area (Å²) < 4.78 is 64.6. The number of anilines is 3. The van der Waals surface area contributed by atoms with Gasteiger partial charge < -0.3 is 9.80 Å². The lowest BCUT2D eigenvalue weighted by molar-refractivity contribution is -0.137. The van der Waals surface area contributed by atoms with Crippen molar-refractivity contribution in [1.82, 2.24) is 9.88 Å². The van der Waals surface area contributed by atoms with Crippen LogP contribution in [0.25, 0.3) is 0 Å². The van der Waals surface area contributed by atoms with E-state index < -0.39 is 39.4 Å². The van der Waals surface area contributed by atoms with E-state index in [-0.39, 0.29) is 35.3 Å². The number of carbonyl (C=O) groups excluding carboxylic acids is 2. The summed E-state index contributed by atoms with van der Waals surface area (Å²) in [6, 6.07) is 6.32. The van der Waals surface area contributed by atoms with Crippen LogP contribution in [0.4, 0.5) is 30.4 Å². The molecule has 2 saturated heterocycles. The third-order valence-electron chi connectivity index (χ3n) is 8.00. The van der Waals surface area contributed by atoms with Gasteiger partial charge >= 0.3 is 6.18 Å². The fourth-order valence-corrected chi connectivity index (χ4v) is 7.22. The van der Waals surface area contributed by atoms with Gasteiger partial charge in [-0.1, -0.05) is 12.1 Å². The molecule has 1 aromatic heterocycles. The predicted octanol–water partition coefficient (Wildman–Crippen LogP) is 2.65. The molecular weight excluding hydrogens is 547 g/mol. The molecule has 2 atom stereocenters. The second kappa shape index (κ2) is 10.3. The van der Waals surface area contributed by atoms with Gasteiger partial charge in [-0.25, -0.2) is 13.4 Å². The molecule has 4 heterocycles. The number of sulfone groups is 1. The molecular formula is C27H32F3N5O4S. The molecule has 3 aliphatic heterocycles. The Balaban J connectivity index is 1.51. The van der Waals surface area contributed by atoms with E-state index in [0.717, 1.165) is 28.3 Å². The van der Waals surface area contributed by atoms with Crippen LogP contribution in [0.1, 0.15) is 23.2 Å². The first kappa shape index (κ1) is 28.3. The van der Waals surface area contributed by atoms with E-state index >= 15 is 0 Å². The van der Waals surface area contributed by atoms with Crippen molar-refractivity contribution in [2.45, 2.75) is 32.5 Å². The minimum Gasteiger partial charge on any atom is -0.368 e. The van der Waals surface area contributed by atoms with Crippen molar-refractivity contribution in [3.8, 4) is 0 Å². The van der Waals surface area contributed by atoms with Crippen molar-refractivity contribution in [2.75, 3.05) is 66.0 Å². The zero-order valence-electron chi connectivity index (χ0n) is 22.6. The minimum atomic E-state index is -4.63. The van der Waals surface area contributed by atoms with Crippen molar-refractivity contribution in [3.63, 3.8) is 0 Å². The molecule has 3 aliphatic rings. The number of carbonyl (C=O) groups is 2. The lowest BCUT2D eigenvalue weighted by Crippen LogP contribution is -2.53. The van der Waals surface area contributed by atoms with Crippen molar-refractivity contribution >= 4 is 38.8 Å². The lowest BCUT2D eigenvalue weighted by Gasteiger charge is -2.40. The molecule has 0 unspecified atom stereocenters. The fourth-order valence-electron chi connectivity index (χ4n) is 5.94. The number of aromatic nitrogens is 1. The lowest BCUT2D eigenvalue weighted by atomic mass is 9.95. The summed E-state index contributed by atoms with van der Waals surface area (Å²) in [6.07, 6.45) is -4.64. The number of hydrogen-bond acceptors (Lipinski definition) is 7. The Hall–Kier alpha value is -3.19. The Morgan fingerprint density at radius 2 is 1.75 bits per heavy atom. The number of benzene rings is 1. The number of pyridine rings is 1. The van der Waals surface area contributed by atoms with Crippen LogP contribution in [0, 0.1) is 19.8 Å². The number of likely N-dealkylation sites (N-methyl/N-ethyl adjacent to an activating group) is 1. The standard InChI is InChI=1S/C27H32F3N5O4S/c1-17-5-4-6-21-24(17)34(8-7-33-9-11-40(38,39)12-10-33)16-19-14-23(36)35(25(19)26(37)32(21)3)22-15-20(27(28,29)30)13-18(2)31-22/h4-6,13,15,19,25H,7-12,14,16H2,1-3H3/t19-,25+/m1/s1. The van der Waals surface area contributed by atoms with Crippen LogP contribution in [0.3, 0.4) is 0 Å². The van der Waals surface area contributed by atoms with Gasteiger partial charge in [0.15, 0.2) is 9.84 Å². The normalized spacial score (nSPS) is 23.6. The molecule has 2 fully saturated rings. The number of para-hydroxylation sites is 1. The minimum absolute atomic E-state index is 0.0130. The summed E-state index contributed by atoms with van der Waals surface area (Å²) in [5.74, 6) is -1.30. The zero-order valence-corrected chi connectivity index (χ0v) is 23.4. The van der Waals surface area contributed by atoms with Gasteiger partial charge in [0.05, 0.1) is 28.4 Å². The fraction of sp³-hybridized carbons (Fsp3) is 0.519. The number of halogens is 3. The summed E-state index contributed by atoms with van der Waals surface area (Å²) in [4.78, 5) is 38.3. The second-order valence-electron chi connectivity index (χ2n) is 10.8. The molecule has 0 spiro atoms.